The monoisotopic (exact) mass is 232 g/mol. The molecule has 1 atom stereocenters. The van der Waals surface area contributed by atoms with E-state index in [1.165, 1.54) is 5.56 Å². The average molecular weight is 232 g/mol. The van der Waals surface area contributed by atoms with Crippen molar-refractivity contribution in [3.63, 3.8) is 0 Å². The molecule has 0 aromatic heterocycles. The Bertz CT molecular complexity index is 452. The van der Waals surface area contributed by atoms with E-state index < -0.39 is 0 Å². The van der Waals surface area contributed by atoms with Crippen LogP contribution in [0.5, 0.6) is 0 Å². The molecule has 0 fully saturated rings. The molecule has 1 aromatic carbocycles. The van der Waals surface area contributed by atoms with E-state index in [1.807, 2.05) is 0 Å². The molecule has 1 aliphatic rings. The molecule has 0 saturated heterocycles. The molecule has 2 rings (SSSR count). The summed E-state index contributed by atoms with van der Waals surface area (Å²) in [5.74, 6) is 0.439. The second-order valence-electron chi connectivity index (χ2n) is 5.07. The minimum atomic E-state index is -0.0198. The van der Waals surface area contributed by atoms with Crippen LogP contribution in [0.1, 0.15) is 43.5 Å². The molecule has 3 nitrogen and oxygen atoms in total. The summed E-state index contributed by atoms with van der Waals surface area (Å²) in [6.07, 6.45) is 1.46. The van der Waals surface area contributed by atoms with E-state index in [0.29, 0.717) is 12.3 Å². The van der Waals surface area contributed by atoms with Crippen LogP contribution in [-0.2, 0) is 17.6 Å². The molecule has 17 heavy (non-hydrogen) atoms. The van der Waals surface area contributed by atoms with E-state index >= 15 is 0 Å². The highest BCUT2D eigenvalue weighted by Crippen LogP contribution is 2.34. The number of benzene rings is 1. The van der Waals surface area contributed by atoms with Crippen molar-refractivity contribution in [3.05, 3.63) is 28.8 Å². The highest BCUT2D eigenvalue weighted by atomic mass is 16.1. The number of rotatable bonds is 3. The number of hydrogen-bond acceptors (Lipinski definition) is 2. The Kier molecular flexibility index (Phi) is 3.20. The Hall–Kier alpha value is -1.35. The average Bonchev–Trinajstić information content (AvgIpc) is 2.66. The van der Waals surface area contributed by atoms with Crippen LogP contribution in [0.25, 0.3) is 0 Å². The van der Waals surface area contributed by atoms with Gasteiger partial charge in [0, 0.05) is 11.7 Å². The van der Waals surface area contributed by atoms with Gasteiger partial charge in [-0.3, -0.25) is 4.79 Å². The largest absolute Gasteiger partial charge is 0.325 e. The first-order valence-corrected chi connectivity index (χ1v) is 6.24. The fourth-order valence-electron chi connectivity index (χ4n) is 2.27. The van der Waals surface area contributed by atoms with Crippen LogP contribution >= 0.6 is 0 Å². The molecule has 0 bridgehead atoms. The number of nitrogens with two attached hydrogens (primary N) is 1. The smallest absolute Gasteiger partial charge is 0.228 e. The molecule has 0 spiro atoms. The Balaban J connectivity index is 2.51. The quantitative estimate of drug-likeness (QED) is 0.840. The fourth-order valence-corrected chi connectivity index (χ4v) is 2.27. The van der Waals surface area contributed by atoms with E-state index in [0.717, 1.165) is 23.2 Å². The Morgan fingerprint density at radius 2 is 2.12 bits per heavy atom. The zero-order chi connectivity index (χ0) is 12.6. The van der Waals surface area contributed by atoms with Crippen molar-refractivity contribution in [1.82, 2.24) is 0 Å². The zero-order valence-corrected chi connectivity index (χ0v) is 10.7. The predicted octanol–water partition coefficient (Wildman–Crippen LogP) is 2.40. The summed E-state index contributed by atoms with van der Waals surface area (Å²) in [5.41, 5.74) is 10.6. The minimum Gasteiger partial charge on any atom is -0.325 e. The van der Waals surface area contributed by atoms with Crippen LogP contribution in [0, 0.1) is 5.92 Å². The third-order valence-electron chi connectivity index (χ3n) is 3.41. The van der Waals surface area contributed by atoms with Crippen LogP contribution in [0.2, 0.25) is 0 Å². The third-order valence-corrected chi connectivity index (χ3v) is 3.41. The van der Waals surface area contributed by atoms with Crippen molar-refractivity contribution in [2.24, 2.45) is 11.7 Å². The van der Waals surface area contributed by atoms with Gasteiger partial charge in [0.1, 0.15) is 0 Å². The molecule has 1 amide bonds. The maximum atomic E-state index is 11.5. The number of amides is 1. The maximum Gasteiger partial charge on any atom is 0.228 e. The fraction of sp³-hybridized carbons (Fsp3) is 0.500. The van der Waals surface area contributed by atoms with Gasteiger partial charge < -0.3 is 11.1 Å². The Morgan fingerprint density at radius 3 is 2.71 bits per heavy atom. The van der Waals surface area contributed by atoms with Gasteiger partial charge in [0.05, 0.1) is 6.42 Å². The standard InChI is InChI=1S/C14H20N2O/c1-4-9-5-10-7-12(17)16-14(10)11(6-9)13(15)8(2)3/h5-6,8,13H,4,7,15H2,1-3H3,(H,16,17). The van der Waals surface area contributed by atoms with Gasteiger partial charge in [0.25, 0.3) is 0 Å². The van der Waals surface area contributed by atoms with Gasteiger partial charge in [-0.2, -0.15) is 0 Å². The molecule has 92 valence electrons. The highest BCUT2D eigenvalue weighted by molar-refractivity contribution is 6.00. The van der Waals surface area contributed by atoms with E-state index in [-0.39, 0.29) is 11.9 Å². The lowest BCUT2D eigenvalue weighted by Crippen LogP contribution is -2.18. The maximum absolute atomic E-state index is 11.5. The van der Waals surface area contributed by atoms with Crippen LogP contribution in [0.3, 0.4) is 0 Å². The normalized spacial score (nSPS) is 15.9. The number of carbonyl (C=O) groups excluding carboxylic acids is 1. The molecule has 0 saturated carbocycles. The summed E-state index contributed by atoms with van der Waals surface area (Å²) in [6, 6.07) is 4.23. The first-order chi connectivity index (χ1) is 8.02. The van der Waals surface area contributed by atoms with E-state index in [4.69, 9.17) is 5.73 Å². The molecule has 1 heterocycles. The SMILES string of the molecule is CCc1cc2c(c(C(N)C(C)C)c1)NC(=O)C2. The molecular formula is C14H20N2O. The lowest BCUT2D eigenvalue weighted by atomic mass is 9.91. The van der Waals surface area contributed by atoms with E-state index in [9.17, 15) is 4.79 Å². The van der Waals surface area contributed by atoms with E-state index in [2.05, 4.69) is 38.2 Å². The van der Waals surface area contributed by atoms with Crippen LogP contribution < -0.4 is 11.1 Å². The number of carbonyl (C=O) groups is 1. The van der Waals surface area contributed by atoms with Gasteiger partial charge >= 0.3 is 0 Å². The minimum absolute atomic E-state index is 0.0198. The first kappa shape index (κ1) is 12.1. The Morgan fingerprint density at radius 1 is 1.41 bits per heavy atom. The molecular weight excluding hydrogens is 212 g/mol. The topological polar surface area (TPSA) is 55.1 Å². The van der Waals surface area contributed by atoms with Gasteiger partial charge in [-0.05, 0) is 29.0 Å². The van der Waals surface area contributed by atoms with Crippen molar-refractivity contribution in [3.8, 4) is 0 Å². The third kappa shape index (κ3) is 2.20. The van der Waals surface area contributed by atoms with Crippen molar-refractivity contribution in [1.29, 1.82) is 0 Å². The van der Waals surface area contributed by atoms with Gasteiger partial charge in [0.2, 0.25) is 5.91 Å². The van der Waals surface area contributed by atoms with Gasteiger partial charge in [-0.1, -0.05) is 32.9 Å². The van der Waals surface area contributed by atoms with Gasteiger partial charge in [-0.15, -0.1) is 0 Å². The predicted molar refractivity (Wildman–Crippen MR) is 69.9 cm³/mol. The molecule has 1 unspecified atom stereocenters. The molecule has 0 aliphatic carbocycles. The van der Waals surface area contributed by atoms with Crippen molar-refractivity contribution in [2.45, 2.75) is 39.7 Å². The zero-order valence-electron chi connectivity index (χ0n) is 10.7. The van der Waals surface area contributed by atoms with Crippen molar-refractivity contribution in [2.75, 3.05) is 5.32 Å². The second kappa shape index (κ2) is 4.49. The summed E-state index contributed by atoms with van der Waals surface area (Å²) < 4.78 is 0. The first-order valence-electron chi connectivity index (χ1n) is 6.24. The molecule has 3 heteroatoms. The summed E-state index contributed by atoms with van der Waals surface area (Å²) in [5, 5.41) is 2.93. The summed E-state index contributed by atoms with van der Waals surface area (Å²) in [4.78, 5) is 11.5. The number of aryl methyl sites for hydroxylation is 1. The van der Waals surface area contributed by atoms with Crippen LogP contribution in [-0.4, -0.2) is 5.91 Å². The molecule has 1 aliphatic heterocycles. The number of fused-ring (bicyclic) bond motifs is 1. The highest BCUT2D eigenvalue weighted by Gasteiger charge is 2.25. The van der Waals surface area contributed by atoms with Gasteiger partial charge in [-0.25, -0.2) is 0 Å². The summed E-state index contributed by atoms with van der Waals surface area (Å²) in [7, 11) is 0. The van der Waals surface area contributed by atoms with Crippen molar-refractivity contribution >= 4 is 11.6 Å². The summed E-state index contributed by atoms with van der Waals surface area (Å²) >= 11 is 0. The molecule has 0 radical (unpaired) electrons. The summed E-state index contributed by atoms with van der Waals surface area (Å²) in [6.45, 7) is 6.33. The number of anilines is 1. The van der Waals surface area contributed by atoms with Crippen LogP contribution in [0.15, 0.2) is 12.1 Å². The second-order valence-corrected chi connectivity index (χ2v) is 5.07. The Labute approximate surface area is 102 Å². The van der Waals surface area contributed by atoms with E-state index in [1.54, 1.807) is 0 Å². The lowest BCUT2D eigenvalue weighted by molar-refractivity contribution is -0.115. The van der Waals surface area contributed by atoms with Crippen molar-refractivity contribution < 1.29 is 4.79 Å². The number of hydrogen-bond donors (Lipinski definition) is 2. The molecule has 3 N–H and O–H groups in total. The number of nitrogens with one attached hydrogen (secondary N) is 1. The van der Waals surface area contributed by atoms with Gasteiger partial charge in [0.15, 0.2) is 0 Å². The lowest BCUT2D eigenvalue weighted by Gasteiger charge is -2.20. The molecule has 1 aromatic rings. The van der Waals surface area contributed by atoms with Crippen LogP contribution in [0.4, 0.5) is 5.69 Å².